The summed E-state index contributed by atoms with van der Waals surface area (Å²) in [5.74, 6) is -0.338. The molecule has 1 heterocycles. The Kier molecular flexibility index (Phi) is 5.50. The predicted molar refractivity (Wildman–Crippen MR) is 122 cm³/mol. The van der Waals surface area contributed by atoms with Gasteiger partial charge >= 0.3 is 0 Å². The molecular weight excluding hydrogens is 386 g/mol. The van der Waals surface area contributed by atoms with Gasteiger partial charge in [0.25, 0.3) is 5.91 Å². The van der Waals surface area contributed by atoms with Gasteiger partial charge in [0.1, 0.15) is 0 Å². The number of anilines is 1. The Morgan fingerprint density at radius 3 is 2.29 bits per heavy atom. The van der Waals surface area contributed by atoms with Gasteiger partial charge in [-0.05, 0) is 35.6 Å². The van der Waals surface area contributed by atoms with Crippen LogP contribution in [-0.4, -0.2) is 16.8 Å². The number of Topliss-reactive ketones (excluding diaryl/α,β-unsaturated/α-hetero) is 1. The number of nitrogens with zero attached hydrogens (tertiary/aromatic N) is 1. The summed E-state index contributed by atoms with van der Waals surface area (Å²) in [6.07, 6.45) is -0.284. The highest BCUT2D eigenvalue weighted by molar-refractivity contribution is 6.10. The van der Waals surface area contributed by atoms with E-state index in [0.29, 0.717) is 29.3 Å². The van der Waals surface area contributed by atoms with Crippen molar-refractivity contribution < 1.29 is 14.7 Å². The van der Waals surface area contributed by atoms with E-state index in [4.69, 9.17) is 0 Å². The zero-order chi connectivity index (χ0) is 22.2. The molecule has 0 unspecified atom stereocenters. The van der Waals surface area contributed by atoms with Crippen LogP contribution >= 0.6 is 0 Å². The SMILES string of the molecule is Cc1ccccc1CN1C(=O)[C@](O)(CC(=O)c2ccc(C(C)C)cc2)c2ccccc21. The summed E-state index contributed by atoms with van der Waals surface area (Å²) in [6, 6.07) is 22.5. The van der Waals surface area contributed by atoms with E-state index >= 15 is 0 Å². The molecule has 3 aromatic carbocycles. The number of rotatable bonds is 6. The van der Waals surface area contributed by atoms with Crippen molar-refractivity contribution in [1.82, 2.24) is 0 Å². The second-order valence-electron chi connectivity index (χ2n) is 8.57. The fraction of sp³-hybridized carbons (Fsp3) is 0.259. The molecule has 4 rings (SSSR count). The molecule has 0 spiro atoms. The second-order valence-corrected chi connectivity index (χ2v) is 8.57. The van der Waals surface area contributed by atoms with Crippen LogP contribution in [0.4, 0.5) is 5.69 Å². The Balaban J connectivity index is 1.65. The molecule has 4 nitrogen and oxygen atoms in total. The molecule has 0 aromatic heterocycles. The lowest BCUT2D eigenvalue weighted by molar-refractivity contribution is -0.136. The van der Waals surface area contributed by atoms with E-state index in [1.807, 2.05) is 55.5 Å². The van der Waals surface area contributed by atoms with Crippen LogP contribution < -0.4 is 4.90 Å². The second kappa shape index (κ2) is 8.12. The van der Waals surface area contributed by atoms with Gasteiger partial charge in [0, 0.05) is 11.1 Å². The van der Waals surface area contributed by atoms with E-state index in [2.05, 4.69) is 13.8 Å². The van der Waals surface area contributed by atoms with Crippen molar-refractivity contribution in [3.8, 4) is 0 Å². The van der Waals surface area contributed by atoms with Gasteiger partial charge in [0.05, 0.1) is 18.7 Å². The van der Waals surface area contributed by atoms with Gasteiger partial charge in [0.2, 0.25) is 0 Å². The number of carbonyl (C=O) groups is 2. The highest BCUT2D eigenvalue weighted by Gasteiger charge is 2.50. The topological polar surface area (TPSA) is 57.6 Å². The van der Waals surface area contributed by atoms with Crippen LogP contribution in [0.1, 0.15) is 58.8 Å². The quantitative estimate of drug-likeness (QED) is 0.570. The van der Waals surface area contributed by atoms with Gasteiger partial charge in [-0.25, -0.2) is 0 Å². The van der Waals surface area contributed by atoms with E-state index in [9.17, 15) is 14.7 Å². The summed E-state index contributed by atoms with van der Waals surface area (Å²) < 4.78 is 0. The number of aryl methyl sites for hydroxylation is 1. The molecule has 1 N–H and O–H groups in total. The number of benzene rings is 3. The first-order valence-corrected chi connectivity index (χ1v) is 10.6. The van der Waals surface area contributed by atoms with Crippen molar-refractivity contribution in [2.75, 3.05) is 4.90 Å². The summed E-state index contributed by atoms with van der Waals surface area (Å²) in [5.41, 5.74) is 2.99. The molecule has 3 aromatic rings. The molecule has 0 saturated carbocycles. The molecule has 0 bridgehead atoms. The normalized spacial score (nSPS) is 17.8. The van der Waals surface area contributed by atoms with Crippen LogP contribution in [0, 0.1) is 6.92 Å². The number of ketones is 1. The zero-order valence-corrected chi connectivity index (χ0v) is 18.1. The van der Waals surface area contributed by atoms with Crippen molar-refractivity contribution in [2.45, 2.75) is 45.3 Å². The maximum atomic E-state index is 13.4. The van der Waals surface area contributed by atoms with Crippen LogP contribution in [0.3, 0.4) is 0 Å². The van der Waals surface area contributed by atoms with Gasteiger partial charge < -0.3 is 10.0 Å². The molecule has 158 valence electrons. The number of hydrogen-bond donors (Lipinski definition) is 1. The first kappa shape index (κ1) is 21.0. The molecule has 31 heavy (non-hydrogen) atoms. The van der Waals surface area contributed by atoms with Crippen LogP contribution in [0.15, 0.2) is 72.8 Å². The lowest BCUT2D eigenvalue weighted by atomic mass is 9.87. The first-order valence-electron chi connectivity index (χ1n) is 10.6. The molecule has 1 atom stereocenters. The number of aliphatic hydroxyl groups is 1. The minimum atomic E-state index is -1.87. The maximum Gasteiger partial charge on any atom is 0.264 e. The number of carbonyl (C=O) groups excluding carboxylic acids is 2. The molecule has 4 heteroatoms. The third-order valence-corrected chi connectivity index (χ3v) is 6.14. The smallest absolute Gasteiger partial charge is 0.264 e. The van der Waals surface area contributed by atoms with Crippen LogP contribution in [0.25, 0.3) is 0 Å². The van der Waals surface area contributed by atoms with Gasteiger partial charge in [-0.3, -0.25) is 9.59 Å². The van der Waals surface area contributed by atoms with Crippen molar-refractivity contribution in [3.05, 3.63) is 101 Å². The van der Waals surface area contributed by atoms with Crippen molar-refractivity contribution in [3.63, 3.8) is 0 Å². The molecule has 0 radical (unpaired) electrons. The fourth-order valence-corrected chi connectivity index (χ4v) is 4.18. The highest BCUT2D eigenvalue weighted by atomic mass is 16.3. The summed E-state index contributed by atoms with van der Waals surface area (Å²) in [7, 11) is 0. The third-order valence-electron chi connectivity index (χ3n) is 6.14. The average molecular weight is 414 g/mol. The Morgan fingerprint density at radius 1 is 0.968 bits per heavy atom. The van der Waals surface area contributed by atoms with Crippen LogP contribution in [-0.2, 0) is 16.9 Å². The molecule has 1 aliphatic heterocycles. The first-order chi connectivity index (χ1) is 14.8. The monoisotopic (exact) mass is 413 g/mol. The van der Waals surface area contributed by atoms with Gasteiger partial charge in [-0.1, -0.05) is 80.6 Å². The molecular formula is C27H27NO3. The lowest BCUT2D eigenvalue weighted by Gasteiger charge is -2.23. The number of hydrogen-bond acceptors (Lipinski definition) is 3. The Hall–Kier alpha value is -3.24. The summed E-state index contributed by atoms with van der Waals surface area (Å²) >= 11 is 0. The molecule has 0 saturated heterocycles. The maximum absolute atomic E-state index is 13.4. The number of fused-ring (bicyclic) bond motifs is 1. The average Bonchev–Trinajstić information content (AvgIpc) is 2.97. The van der Waals surface area contributed by atoms with E-state index in [1.54, 1.807) is 29.2 Å². The van der Waals surface area contributed by atoms with E-state index < -0.39 is 11.5 Å². The van der Waals surface area contributed by atoms with E-state index in [1.165, 1.54) is 0 Å². The number of para-hydroxylation sites is 1. The molecule has 1 amide bonds. The van der Waals surface area contributed by atoms with Crippen LogP contribution in [0.5, 0.6) is 0 Å². The largest absolute Gasteiger partial charge is 0.375 e. The predicted octanol–water partition coefficient (Wildman–Crippen LogP) is 5.13. The highest BCUT2D eigenvalue weighted by Crippen LogP contribution is 2.43. The Bertz CT molecular complexity index is 1130. The fourth-order valence-electron chi connectivity index (χ4n) is 4.18. The van der Waals surface area contributed by atoms with Crippen molar-refractivity contribution in [1.29, 1.82) is 0 Å². The molecule has 0 aliphatic carbocycles. The third kappa shape index (κ3) is 3.79. The van der Waals surface area contributed by atoms with Gasteiger partial charge in [-0.15, -0.1) is 0 Å². The summed E-state index contributed by atoms with van der Waals surface area (Å²) in [5, 5.41) is 11.5. The minimum absolute atomic E-state index is 0.251. The van der Waals surface area contributed by atoms with Gasteiger partial charge in [0.15, 0.2) is 11.4 Å². The summed E-state index contributed by atoms with van der Waals surface area (Å²) in [6.45, 7) is 6.54. The number of amides is 1. The van der Waals surface area contributed by atoms with Crippen LogP contribution in [0.2, 0.25) is 0 Å². The Labute approximate surface area is 183 Å². The van der Waals surface area contributed by atoms with Crippen molar-refractivity contribution in [2.24, 2.45) is 0 Å². The lowest BCUT2D eigenvalue weighted by Crippen LogP contribution is -2.41. The minimum Gasteiger partial charge on any atom is -0.375 e. The standard InChI is InChI=1S/C27H27NO3/c1-18(2)20-12-14-21(15-13-20)25(29)16-27(31)23-10-6-7-11-24(23)28(26(27)30)17-22-9-5-4-8-19(22)3/h4-15,18,31H,16-17H2,1-3H3/t27-/m0/s1. The zero-order valence-electron chi connectivity index (χ0n) is 18.1. The van der Waals surface area contributed by atoms with E-state index in [0.717, 1.165) is 16.7 Å². The van der Waals surface area contributed by atoms with E-state index in [-0.39, 0.29) is 12.2 Å². The molecule has 1 aliphatic rings. The Morgan fingerprint density at radius 2 is 1.61 bits per heavy atom. The summed E-state index contributed by atoms with van der Waals surface area (Å²) in [4.78, 5) is 28.1. The van der Waals surface area contributed by atoms with Crippen molar-refractivity contribution >= 4 is 17.4 Å². The van der Waals surface area contributed by atoms with Gasteiger partial charge in [-0.2, -0.15) is 0 Å². The molecule has 0 fully saturated rings.